The minimum Gasteiger partial charge on any atom is -0.396 e. The molecule has 0 spiro atoms. The molecular weight excluding hydrogens is 191 g/mol. The van der Waals surface area contributed by atoms with Crippen molar-refractivity contribution in [3.63, 3.8) is 0 Å². The van der Waals surface area contributed by atoms with Crippen LogP contribution in [-0.4, -0.2) is 11.7 Å². The Morgan fingerprint density at radius 2 is 1.73 bits per heavy atom. The maximum Gasteiger partial charge on any atom is 0.123 e. The van der Waals surface area contributed by atoms with Gasteiger partial charge in [0, 0.05) is 12.5 Å². The van der Waals surface area contributed by atoms with Crippen LogP contribution < -0.4 is 0 Å². The number of aliphatic hydroxyl groups excluding tert-OH is 1. The SMILES string of the molecule is CC(C)CCC(CO)c1ccc(F)cc1. The van der Waals surface area contributed by atoms with Gasteiger partial charge in [0.1, 0.15) is 5.82 Å². The average molecular weight is 210 g/mol. The Bertz CT molecular complexity index is 279. The predicted octanol–water partition coefficient (Wildman–Crippen LogP) is 3.34. The zero-order valence-electron chi connectivity index (χ0n) is 9.41. The van der Waals surface area contributed by atoms with E-state index in [1.54, 1.807) is 12.1 Å². The molecule has 0 amide bonds. The van der Waals surface area contributed by atoms with Gasteiger partial charge >= 0.3 is 0 Å². The molecule has 1 aromatic rings. The normalized spacial score (nSPS) is 13.1. The summed E-state index contributed by atoms with van der Waals surface area (Å²) in [5, 5.41) is 9.27. The number of halogens is 1. The molecule has 84 valence electrons. The summed E-state index contributed by atoms with van der Waals surface area (Å²) in [5.41, 5.74) is 1.03. The Balaban J connectivity index is 2.61. The molecule has 0 aliphatic heterocycles. The van der Waals surface area contributed by atoms with E-state index in [1.165, 1.54) is 12.1 Å². The van der Waals surface area contributed by atoms with Crippen LogP contribution in [0.5, 0.6) is 0 Å². The molecular formula is C13H19FO. The second-order valence-corrected chi connectivity index (χ2v) is 4.40. The topological polar surface area (TPSA) is 20.2 Å². The third-order valence-electron chi connectivity index (χ3n) is 2.65. The molecule has 0 aromatic heterocycles. The van der Waals surface area contributed by atoms with Gasteiger partial charge in [-0.3, -0.25) is 0 Å². The Labute approximate surface area is 90.9 Å². The zero-order chi connectivity index (χ0) is 11.3. The minimum atomic E-state index is -0.223. The van der Waals surface area contributed by atoms with Crippen molar-refractivity contribution in [3.05, 3.63) is 35.6 Å². The van der Waals surface area contributed by atoms with E-state index in [1.807, 2.05) is 0 Å². The Kier molecular flexibility index (Phi) is 4.76. The molecule has 0 saturated heterocycles. The van der Waals surface area contributed by atoms with E-state index < -0.39 is 0 Å². The van der Waals surface area contributed by atoms with Crippen LogP contribution in [0.2, 0.25) is 0 Å². The quantitative estimate of drug-likeness (QED) is 0.790. The number of hydrogen-bond acceptors (Lipinski definition) is 1. The minimum absolute atomic E-state index is 0.137. The van der Waals surface area contributed by atoms with Crippen molar-refractivity contribution in [2.75, 3.05) is 6.61 Å². The van der Waals surface area contributed by atoms with Gasteiger partial charge in [-0.05, 0) is 30.0 Å². The lowest BCUT2D eigenvalue weighted by Gasteiger charge is -2.15. The van der Waals surface area contributed by atoms with E-state index in [0.29, 0.717) is 5.92 Å². The van der Waals surface area contributed by atoms with E-state index in [2.05, 4.69) is 13.8 Å². The third-order valence-corrected chi connectivity index (χ3v) is 2.65. The van der Waals surface area contributed by atoms with E-state index in [4.69, 9.17) is 0 Å². The van der Waals surface area contributed by atoms with Crippen LogP contribution in [0.1, 0.15) is 38.2 Å². The molecule has 0 aliphatic rings. The van der Waals surface area contributed by atoms with Gasteiger partial charge in [-0.15, -0.1) is 0 Å². The summed E-state index contributed by atoms with van der Waals surface area (Å²) in [5.74, 6) is 0.562. The van der Waals surface area contributed by atoms with Crippen molar-refractivity contribution in [1.82, 2.24) is 0 Å². The molecule has 1 rings (SSSR count). The van der Waals surface area contributed by atoms with Crippen molar-refractivity contribution in [3.8, 4) is 0 Å². The second kappa shape index (κ2) is 5.86. The first-order chi connectivity index (χ1) is 7.13. The molecule has 0 bridgehead atoms. The number of hydrogen-bond donors (Lipinski definition) is 1. The van der Waals surface area contributed by atoms with E-state index in [9.17, 15) is 9.50 Å². The molecule has 0 fully saturated rings. The van der Waals surface area contributed by atoms with Gasteiger partial charge in [0.2, 0.25) is 0 Å². The molecule has 1 nitrogen and oxygen atoms in total. The van der Waals surface area contributed by atoms with Crippen LogP contribution >= 0.6 is 0 Å². The number of benzene rings is 1. The molecule has 2 heteroatoms. The standard InChI is InChI=1S/C13H19FO/c1-10(2)3-4-12(9-15)11-5-7-13(14)8-6-11/h5-8,10,12,15H,3-4,9H2,1-2H3. The first-order valence-electron chi connectivity index (χ1n) is 5.49. The number of aliphatic hydroxyl groups is 1. The Morgan fingerprint density at radius 1 is 1.13 bits per heavy atom. The van der Waals surface area contributed by atoms with Gasteiger partial charge in [-0.1, -0.05) is 32.4 Å². The molecule has 15 heavy (non-hydrogen) atoms. The Morgan fingerprint density at radius 3 is 2.20 bits per heavy atom. The molecule has 1 atom stereocenters. The molecule has 0 radical (unpaired) electrons. The van der Waals surface area contributed by atoms with Crippen LogP contribution in [0.4, 0.5) is 4.39 Å². The van der Waals surface area contributed by atoms with Crippen molar-refractivity contribution >= 4 is 0 Å². The first kappa shape index (κ1) is 12.2. The van der Waals surface area contributed by atoms with Crippen molar-refractivity contribution < 1.29 is 9.50 Å². The van der Waals surface area contributed by atoms with Gasteiger partial charge in [-0.25, -0.2) is 4.39 Å². The van der Waals surface area contributed by atoms with E-state index in [0.717, 1.165) is 18.4 Å². The maximum absolute atomic E-state index is 12.7. The van der Waals surface area contributed by atoms with Crippen molar-refractivity contribution in [1.29, 1.82) is 0 Å². The summed E-state index contributed by atoms with van der Waals surface area (Å²) < 4.78 is 12.7. The highest BCUT2D eigenvalue weighted by atomic mass is 19.1. The van der Waals surface area contributed by atoms with Crippen LogP contribution in [0.25, 0.3) is 0 Å². The molecule has 1 N–H and O–H groups in total. The maximum atomic E-state index is 12.7. The summed E-state index contributed by atoms with van der Waals surface area (Å²) in [6.07, 6.45) is 2.04. The van der Waals surface area contributed by atoms with E-state index >= 15 is 0 Å². The lowest BCUT2D eigenvalue weighted by atomic mass is 9.92. The third kappa shape index (κ3) is 4.00. The van der Waals surface area contributed by atoms with Crippen LogP contribution in [0, 0.1) is 11.7 Å². The van der Waals surface area contributed by atoms with E-state index in [-0.39, 0.29) is 18.3 Å². The fourth-order valence-corrected chi connectivity index (χ4v) is 1.63. The smallest absolute Gasteiger partial charge is 0.123 e. The highest BCUT2D eigenvalue weighted by Gasteiger charge is 2.10. The highest BCUT2D eigenvalue weighted by molar-refractivity contribution is 5.20. The van der Waals surface area contributed by atoms with Crippen LogP contribution in [-0.2, 0) is 0 Å². The second-order valence-electron chi connectivity index (χ2n) is 4.40. The fraction of sp³-hybridized carbons (Fsp3) is 0.538. The largest absolute Gasteiger partial charge is 0.396 e. The predicted molar refractivity (Wildman–Crippen MR) is 60.3 cm³/mol. The summed E-state index contributed by atoms with van der Waals surface area (Å²) in [4.78, 5) is 0. The van der Waals surface area contributed by atoms with Gasteiger partial charge in [0.25, 0.3) is 0 Å². The summed E-state index contributed by atoms with van der Waals surface area (Å²) >= 11 is 0. The van der Waals surface area contributed by atoms with Crippen LogP contribution in [0.3, 0.4) is 0 Å². The van der Waals surface area contributed by atoms with Gasteiger partial charge in [0.05, 0.1) is 0 Å². The van der Waals surface area contributed by atoms with Crippen molar-refractivity contribution in [2.45, 2.75) is 32.6 Å². The Hall–Kier alpha value is -0.890. The number of rotatable bonds is 5. The van der Waals surface area contributed by atoms with Crippen LogP contribution in [0.15, 0.2) is 24.3 Å². The summed E-state index contributed by atoms with van der Waals surface area (Å²) in [6, 6.07) is 6.42. The van der Waals surface area contributed by atoms with Gasteiger partial charge in [-0.2, -0.15) is 0 Å². The molecule has 1 unspecified atom stereocenters. The molecule has 0 heterocycles. The fourth-order valence-electron chi connectivity index (χ4n) is 1.63. The zero-order valence-corrected chi connectivity index (χ0v) is 9.41. The average Bonchev–Trinajstić information content (AvgIpc) is 2.21. The summed E-state index contributed by atoms with van der Waals surface area (Å²) in [6.45, 7) is 4.47. The van der Waals surface area contributed by atoms with Gasteiger partial charge < -0.3 is 5.11 Å². The highest BCUT2D eigenvalue weighted by Crippen LogP contribution is 2.23. The monoisotopic (exact) mass is 210 g/mol. The van der Waals surface area contributed by atoms with Crippen molar-refractivity contribution in [2.24, 2.45) is 5.92 Å². The molecule has 0 saturated carbocycles. The first-order valence-corrected chi connectivity index (χ1v) is 5.49. The van der Waals surface area contributed by atoms with Gasteiger partial charge in [0.15, 0.2) is 0 Å². The molecule has 1 aromatic carbocycles. The lowest BCUT2D eigenvalue weighted by molar-refractivity contribution is 0.253. The summed E-state index contributed by atoms with van der Waals surface area (Å²) in [7, 11) is 0. The molecule has 0 aliphatic carbocycles. The lowest BCUT2D eigenvalue weighted by Crippen LogP contribution is -2.05.